The van der Waals surface area contributed by atoms with Crippen molar-refractivity contribution in [1.29, 1.82) is 0 Å². The quantitative estimate of drug-likeness (QED) is 0.177. The maximum atomic E-state index is 2.34. The van der Waals surface area contributed by atoms with Crippen molar-refractivity contribution >= 4 is 59.3 Å². The molecule has 2 heteroatoms. The molecule has 0 fully saturated rings. The van der Waals surface area contributed by atoms with Crippen molar-refractivity contribution in [3.63, 3.8) is 0 Å². The van der Waals surface area contributed by atoms with E-state index in [9.17, 15) is 0 Å². The Bertz CT molecular complexity index is 2560. The first-order valence-electron chi connectivity index (χ1n) is 16.3. The maximum absolute atomic E-state index is 2.34. The summed E-state index contributed by atoms with van der Waals surface area (Å²) in [5, 5.41) is 5.17. The molecular weight excluding hydrogens is 599 g/mol. The molecule has 226 valence electrons. The highest BCUT2D eigenvalue weighted by Gasteiger charge is 2.15. The molecule has 1 nitrogen and oxygen atoms in total. The molecule has 0 atom stereocenters. The minimum atomic E-state index is 1.12. The average molecular weight is 630 g/mol. The van der Waals surface area contributed by atoms with Crippen LogP contribution in [-0.2, 0) is 0 Å². The highest BCUT2D eigenvalue weighted by Crippen LogP contribution is 2.41. The van der Waals surface area contributed by atoms with Gasteiger partial charge in [0.2, 0.25) is 0 Å². The number of para-hydroxylation sites is 1. The van der Waals surface area contributed by atoms with Crippen LogP contribution in [0.1, 0.15) is 0 Å². The normalized spacial score (nSPS) is 11.3. The molecule has 0 bridgehead atoms. The topological polar surface area (TPSA) is 3.24 Å². The molecule has 1 heterocycles. The maximum Gasteiger partial charge on any atom is 0.0467 e. The lowest BCUT2D eigenvalue weighted by Crippen LogP contribution is -2.09. The number of benzene rings is 8. The fourth-order valence-corrected chi connectivity index (χ4v) is 8.10. The minimum Gasteiger partial charge on any atom is -0.310 e. The molecule has 0 N–H and O–H groups in total. The predicted molar refractivity (Wildman–Crippen MR) is 208 cm³/mol. The zero-order valence-corrected chi connectivity index (χ0v) is 27.1. The van der Waals surface area contributed by atoms with Gasteiger partial charge < -0.3 is 4.90 Å². The Labute approximate surface area is 284 Å². The van der Waals surface area contributed by atoms with Crippen molar-refractivity contribution in [3.05, 3.63) is 188 Å². The number of nitrogens with zero attached hydrogens (tertiary/aromatic N) is 1. The van der Waals surface area contributed by atoms with Crippen molar-refractivity contribution in [2.75, 3.05) is 4.90 Å². The second kappa shape index (κ2) is 12.0. The number of hydrogen-bond acceptors (Lipinski definition) is 2. The van der Waals surface area contributed by atoms with Gasteiger partial charge in [-0.1, -0.05) is 133 Å². The Kier molecular flexibility index (Phi) is 7.07. The van der Waals surface area contributed by atoms with Crippen molar-refractivity contribution in [2.24, 2.45) is 0 Å². The van der Waals surface area contributed by atoms with Gasteiger partial charge in [-0.15, -0.1) is 11.3 Å². The molecule has 0 amide bonds. The lowest BCUT2D eigenvalue weighted by Gasteiger charge is -2.26. The number of hydrogen-bond donors (Lipinski definition) is 0. The molecule has 0 aliphatic heterocycles. The first-order valence-corrected chi connectivity index (χ1v) is 17.2. The van der Waals surface area contributed by atoms with Gasteiger partial charge in [0.15, 0.2) is 0 Å². The fraction of sp³-hybridized carbons (Fsp3) is 0. The third-order valence-electron chi connectivity index (χ3n) is 9.24. The second-order valence-corrected chi connectivity index (χ2v) is 13.2. The van der Waals surface area contributed by atoms with Gasteiger partial charge in [0.05, 0.1) is 0 Å². The SMILES string of the molecule is c1ccc(N(c2ccc(-c3ccc4ccccc4c3)cc2)c2cccc(-c3cccc(-c4cccc5c4sc4ccccc45)c3)c2)cc1. The Morgan fingerprint density at radius 3 is 1.81 bits per heavy atom. The Hall–Kier alpha value is -5.96. The van der Waals surface area contributed by atoms with Gasteiger partial charge in [0.25, 0.3) is 0 Å². The van der Waals surface area contributed by atoms with Gasteiger partial charge in [0.1, 0.15) is 0 Å². The number of thiophene rings is 1. The van der Waals surface area contributed by atoms with E-state index in [1.807, 2.05) is 11.3 Å². The summed E-state index contributed by atoms with van der Waals surface area (Å²) in [6, 6.07) is 68.1. The number of fused-ring (bicyclic) bond motifs is 4. The standard InChI is InChI=1S/C46H31NS/c1-2-16-39(17-3-1)47(40-27-25-33(26-28-40)37-24-23-32-11-4-5-12-34(32)29-37)41-18-9-14-36(31-41)35-13-8-15-38(30-35)42-20-10-21-44-43-19-6-7-22-45(43)48-46(42)44/h1-31H. The van der Waals surface area contributed by atoms with Crippen LogP contribution in [0.15, 0.2) is 188 Å². The van der Waals surface area contributed by atoms with Gasteiger partial charge in [0, 0.05) is 37.2 Å². The van der Waals surface area contributed by atoms with E-state index in [2.05, 4.69) is 193 Å². The molecule has 0 saturated carbocycles. The predicted octanol–water partition coefficient (Wildman–Crippen LogP) is 13.7. The molecule has 0 unspecified atom stereocenters. The molecule has 48 heavy (non-hydrogen) atoms. The largest absolute Gasteiger partial charge is 0.310 e. The molecule has 0 spiro atoms. The van der Waals surface area contributed by atoms with Crippen LogP contribution < -0.4 is 4.90 Å². The molecule has 0 aliphatic rings. The summed E-state index contributed by atoms with van der Waals surface area (Å²) in [5.74, 6) is 0. The van der Waals surface area contributed by atoms with Crippen LogP contribution in [0.4, 0.5) is 17.1 Å². The lowest BCUT2D eigenvalue weighted by atomic mass is 9.97. The van der Waals surface area contributed by atoms with Gasteiger partial charge in [-0.25, -0.2) is 0 Å². The van der Waals surface area contributed by atoms with Crippen molar-refractivity contribution in [1.82, 2.24) is 0 Å². The highest BCUT2D eigenvalue weighted by atomic mass is 32.1. The first kappa shape index (κ1) is 28.3. The minimum absolute atomic E-state index is 1.12. The summed E-state index contributed by atoms with van der Waals surface area (Å²) in [4.78, 5) is 2.34. The third-order valence-corrected chi connectivity index (χ3v) is 10.5. The van der Waals surface area contributed by atoms with Crippen LogP contribution in [0.5, 0.6) is 0 Å². The van der Waals surface area contributed by atoms with Gasteiger partial charge in [-0.05, 0) is 98.8 Å². The molecular formula is C46H31NS. The van der Waals surface area contributed by atoms with E-state index in [0.717, 1.165) is 17.1 Å². The summed E-state index contributed by atoms with van der Waals surface area (Å²) in [6.45, 7) is 0. The van der Waals surface area contributed by atoms with Crippen LogP contribution in [-0.4, -0.2) is 0 Å². The summed E-state index contributed by atoms with van der Waals surface area (Å²) < 4.78 is 2.67. The van der Waals surface area contributed by atoms with E-state index >= 15 is 0 Å². The summed E-state index contributed by atoms with van der Waals surface area (Å²) >= 11 is 1.88. The number of anilines is 3. The van der Waals surface area contributed by atoms with Crippen LogP contribution in [0.3, 0.4) is 0 Å². The van der Waals surface area contributed by atoms with E-state index in [1.54, 1.807) is 0 Å². The van der Waals surface area contributed by atoms with Crippen molar-refractivity contribution < 1.29 is 0 Å². The van der Waals surface area contributed by atoms with E-state index in [0.29, 0.717) is 0 Å². The zero-order valence-electron chi connectivity index (χ0n) is 26.3. The third kappa shape index (κ3) is 5.13. The van der Waals surface area contributed by atoms with Crippen LogP contribution >= 0.6 is 11.3 Å². The summed E-state index contributed by atoms with van der Waals surface area (Å²) in [6.07, 6.45) is 0. The van der Waals surface area contributed by atoms with Crippen molar-refractivity contribution in [2.45, 2.75) is 0 Å². The van der Waals surface area contributed by atoms with E-state index in [4.69, 9.17) is 0 Å². The van der Waals surface area contributed by atoms with Crippen LogP contribution in [0.25, 0.3) is 64.3 Å². The second-order valence-electron chi connectivity index (χ2n) is 12.2. The van der Waals surface area contributed by atoms with Gasteiger partial charge in [-0.3, -0.25) is 0 Å². The molecule has 8 aromatic carbocycles. The van der Waals surface area contributed by atoms with E-state index in [-0.39, 0.29) is 0 Å². The summed E-state index contributed by atoms with van der Waals surface area (Å²) in [5.41, 5.74) is 10.7. The molecule has 9 aromatic rings. The van der Waals surface area contributed by atoms with Crippen molar-refractivity contribution in [3.8, 4) is 33.4 Å². The van der Waals surface area contributed by atoms with Crippen LogP contribution in [0.2, 0.25) is 0 Å². The molecule has 9 rings (SSSR count). The van der Waals surface area contributed by atoms with Gasteiger partial charge >= 0.3 is 0 Å². The summed E-state index contributed by atoms with van der Waals surface area (Å²) in [7, 11) is 0. The Morgan fingerprint density at radius 1 is 0.333 bits per heavy atom. The smallest absolute Gasteiger partial charge is 0.0467 e. The van der Waals surface area contributed by atoms with E-state index in [1.165, 1.54) is 64.3 Å². The lowest BCUT2D eigenvalue weighted by molar-refractivity contribution is 1.28. The molecule has 1 aromatic heterocycles. The van der Waals surface area contributed by atoms with Crippen LogP contribution in [0, 0.1) is 0 Å². The number of rotatable bonds is 6. The molecule has 0 aliphatic carbocycles. The fourth-order valence-electron chi connectivity index (χ4n) is 6.86. The average Bonchev–Trinajstić information content (AvgIpc) is 3.55. The first-order chi connectivity index (χ1) is 23.8. The zero-order chi connectivity index (χ0) is 31.9. The molecule has 0 radical (unpaired) electrons. The monoisotopic (exact) mass is 629 g/mol. The highest BCUT2D eigenvalue weighted by molar-refractivity contribution is 7.26. The van der Waals surface area contributed by atoms with Gasteiger partial charge in [-0.2, -0.15) is 0 Å². The van der Waals surface area contributed by atoms with E-state index < -0.39 is 0 Å². The molecule has 0 saturated heterocycles. The Balaban J connectivity index is 1.09. The Morgan fingerprint density at radius 2 is 0.938 bits per heavy atom.